The number of pyridine rings is 1. The monoisotopic (exact) mass is 307 g/mol. The highest BCUT2D eigenvalue weighted by atomic mass is 32.2. The standard InChI is InChI=1S/C14H14FN3O2S/c1-2-6-16-13-8-11(18(19)20)9-14(17-13)21-12-5-3-4-10(15)7-12/h3-5,7-9H,2,6H2,1H3,(H,16,17). The quantitative estimate of drug-likeness (QED) is 0.642. The molecule has 0 atom stereocenters. The summed E-state index contributed by atoms with van der Waals surface area (Å²) in [7, 11) is 0. The Morgan fingerprint density at radius 3 is 2.86 bits per heavy atom. The van der Waals surface area contributed by atoms with Crippen molar-refractivity contribution in [3.63, 3.8) is 0 Å². The molecule has 0 spiro atoms. The lowest BCUT2D eigenvalue weighted by molar-refractivity contribution is -0.385. The highest BCUT2D eigenvalue weighted by Crippen LogP contribution is 2.30. The Bertz CT molecular complexity index is 652. The Labute approximate surface area is 125 Å². The van der Waals surface area contributed by atoms with E-state index in [4.69, 9.17) is 0 Å². The molecule has 0 radical (unpaired) electrons. The number of aromatic nitrogens is 1. The maximum atomic E-state index is 13.2. The molecule has 2 aromatic rings. The first-order chi connectivity index (χ1) is 10.1. The van der Waals surface area contributed by atoms with E-state index in [9.17, 15) is 14.5 Å². The first-order valence-corrected chi connectivity index (χ1v) is 7.24. The minimum Gasteiger partial charge on any atom is -0.370 e. The highest BCUT2D eigenvalue weighted by Gasteiger charge is 2.12. The van der Waals surface area contributed by atoms with Crippen molar-refractivity contribution in [1.82, 2.24) is 4.98 Å². The van der Waals surface area contributed by atoms with Gasteiger partial charge >= 0.3 is 0 Å². The summed E-state index contributed by atoms with van der Waals surface area (Å²) < 4.78 is 13.2. The van der Waals surface area contributed by atoms with Gasteiger partial charge in [-0.1, -0.05) is 24.8 Å². The van der Waals surface area contributed by atoms with Gasteiger partial charge in [0.1, 0.15) is 16.7 Å². The number of anilines is 1. The van der Waals surface area contributed by atoms with Gasteiger partial charge in [-0.25, -0.2) is 9.37 Å². The summed E-state index contributed by atoms with van der Waals surface area (Å²) in [6, 6.07) is 8.81. The summed E-state index contributed by atoms with van der Waals surface area (Å²) in [6.45, 7) is 2.67. The molecule has 1 heterocycles. The molecule has 0 saturated heterocycles. The molecule has 7 heteroatoms. The summed E-state index contributed by atoms with van der Waals surface area (Å²) in [6.07, 6.45) is 0.886. The van der Waals surface area contributed by atoms with Gasteiger partial charge in [0.15, 0.2) is 0 Å². The smallest absolute Gasteiger partial charge is 0.275 e. The van der Waals surface area contributed by atoms with Crippen molar-refractivity contribution in [1.29, 1.82) is 0 Å². The van der Waals surface area contributed by atoms with Crippen LogP contribution in [0.15, 0.2) is 46.3 Å². The van der Waals surface area contributed by atoms with Crippen molar-refractivity contribution in [2.45, 2.75) is 23.3 Å². The van der Waals surface area contributed by atoms with Crippen molar-refractivity contribution in [3.05, 3.63) is 52.3 Å². The van der Waals surface area contributed by atoms with E-state index in [-0.39, 0.29) is 11.5 Å². The van der Waals surface area contributed by atoms with Crippen LogP contribution in [0.4, 0.5) is 15.9 Å². The van der Waals surface area contributed by atoms with E-state index in [1.165, 1.54) is 36.0 Å². The van der Waals surface area contributed by atoms with E-state index in [2.05, 4.69) is 10.3 Å². The summed E-state index contributed by atoms with van der Waals surface area (Å²) in [5, 5.41) is 14.4. The molecule has 0 saturated carbocycles. The SMILES string of the molecule is CCCNc1cc([N+](=O)[O-])cc(Sc2cccc(F)c2)n1. The van der Waals surface area contributed by atoms with Gasteiger partial charge in [0, 0.05) is 17.5 Å². The minimum absolute atomic E-state index is 0.0393. The zero-order valence-electron chi connectivity index (χ0n) is 11.4. The Balaban J connectivity index is 2.28. The van der Waals surface area contributed by atoms with Crippen LogP contribution in [0, 0.1) is 15.9 Å². The van der Waals surface area contributed by atoms with Crippen LogP contribution in [0.3, 0.4) is 0 Å². The minimum atomic E-state index is -0.464. The van der Waals surface area contributed by atoms with Crippen molar-refractivity contribution < 1.29 is 9.31 Å². The van der Waals surface area contributed by atoms with Gasteiger partial charge in [-0.2, -0.15) is 0 Å². The number of benzene rings is 1. The molecule has 0 amide bonds. The Morgan fingerprint density at radius 2 is 2.19 bits per heavy atom. The Morgan fingerprint density at radius 1 is 1.38 bits per heavy atom. The van der Waals surface area contributed by atoms with Crippen LogP contribution in [0.2, 0.25) is 0 Å². The van der Waals surface area contributed by atoms with E-state index in [0.29, 0.717) is 22.3 Å². The lowest BCUT2D eigenvalue weighted by Gasteiger charge is -2.07. The number of nitrogens with zero attached hydrogens (tertiary/aromatic N) is 2. The Kier molecular flexibility index (Phi) is 5.10. The van der Waals surface area contributed by atoms with E-state index < -0.39 is 4.92 Å². The average molecular weight is 307 g/mol. The van der Waals surface area contributed by atoms with Crippen LogP contribution < -0.4 is 5.32 Å². The molecule has 0 unspecified atom stereocenters. The Hall–Kier alpha value is -2.15. The molecule has 1 N–H and O–H groups in total. The molecule has 5 nitrogen and oxygen atoms in total. The molecular weight excluding hydrogens is 293 g/mol. The predicted molar refractivity (Wildman–Crippen MR) is 80.2 cm³/mol. The van der Waals surface area contributed by atoms with E-state index in [1.54, 1.807) is 12.1 Å². The van der Waals surface area contributed by atoms with Crippen LogP contribution in [-0.4, -0.2) is 16.5 Å². The summed E-state index contributed by atoms with van der Waals surface area (Å²) in [5.41, 5.74) is -0.0393. The topological polar surface area (TPSA) is 68.1 Å². The second kappa shape index (κ2) is 7.03. The molecule has 110 valence electrons. The molecule has 0 aliphatic rings. The maximum absolute atomic E-state index is 13.2. The van der Waals surface area contributed by atoms with Crippen molar-refractivity contribution in [2.75, 3.05) is 11.9 Å². The highest BCUT2D eigenvalue weighted by molar-refractivity contribution is 7.99. The number of rotatable bonds is 6. The fraction of sp³-hybridized carbons (Fsp3) is 0.214. The zero-order chi connectivity index (χ0) is 15.2. The average Bonchev–Trinajstić information content (AvgIpc) is 2.45. The largest absolute Gasteiger partial charge is 0.370 e. The normalized spacial score (nSPS) is 10.4. The zero-order valence-corrected chi connectivity index (χ0v) is 12.2. The molecule has 0 bridgehead atoms. The number of hydrogen-bond donors (Lipinski definition) is 1. The van der Waals surface area contributed by atoms with E-state index in [1.807, 2.05) is 6.92 Å². The fourth-order valence-corrected chi connectivity index (χ4v) is 2.53. The lowest BCUT2D eigenvalue weighted by Crippen LogP contribution is -2.03. The second-order valence-corrected chi connectivity index (χ2v) is 5.39. The molecule has 0 fully saturated rings. The third-order valence-electron chi connectivity index (χ3n) is 2.57. The fourth-order valence-electron chi connectivity index (χ4n) is 1.64. The molecule has 0 aliphatic carbocycles. The van der Waals surface area contributed by atoms with Crippen LogP contribution in [-0.2, 0) is 0 Å². The number of halogens is 1. The maximum Gasteiger partial charge on any atom is 0.275 e. The second-order valence-electron chi connectivity index (χ2n) is 4.29. The molecule has 21 heavy (non-hydrogen) atoms. The third-order valence-corrected chi connectivity index (χ3v) is 3.48. The molecule has 0 aliphatic heterocycles. The van der Waals surface area contributed by atoms with Gasteiger partial charge in [0.05, 0.1) is 11.0 Å². The molecule has 2 rings (SSSR count). The van der Waals surface area contributed by atoms with Crippen molar-refractivity contribution >= 4 is 23.3 Å². The van der Waals surface area contributed by atoms with Crippen molar-refractivity contribution in [2.24, 2.45) is 0 Å². The van der Waals surface area contributed by atoms with Crippen LogP contribution in [0.25, 0.3) is 0 Å². The van der Waals surface area contributed by atoms with Crippen LogP contribution in [0.1, 0.15) is 13.3 Å². The first-order valence-electron chi connectivity index (χ1n) is 6.42. The van der Waals surface area contributed by atoms with Gasteiger partial charge in [-0.3, -0.25) is 10.1 Å². The van der Waals surface area contributed by atoms with Gasteiger partial charge < -0.3 is 5.32 Å². The van der Waals surface area contributed by atoms with Gasteiger partial charge in [-0.15, -0.1) is 0 Å². The van der Waals surface area contributed by atoms with Gasteiger partial charge in [0.25, 0.3) is 5.69 Å². The predicted octanol–water partition coefficient (Wildman–Crippen LogP) is 4.10. The van der Waals surface area contributed by atoms with Gasteiger partial charge in [-0.05, 0) is 24.6 Å². The molecule has 1 aromatic carbocycles. The first kappa shape index (κ1) is 15.2. The van der Waals surface area contributed by atoms with Crippen LogP contribution >= 0.6 is 11.8 Å². The summed E-state index contributed by atoms with van der Waals surface area (Å²) in [4.78, 5) is 15.4. The van der Waals surface area contributed by atoms with Crippen molar-refractivity contribution in [3.8, 4) is 0 Å². The van der Waals surface area contributed by atoms with E-state index >= 15 is 0 Å². The lowest BCUT2D eigenvalue weighted by atomic mass is 10.3. The summed E-state index contributed by atoms with van der Waals surface area (Å²) >= 11 is 1.19. The van der Waals surface area contributed by atoms with Gasteiger partial charge in [0.2, 0.25) is 0 Å². The number of nitrogens with one attached hydrogen (secondary N) is 1. The van der Waals surface area contributed by atoms with E-state index in [0.717, 1.165) is 6.42 Å². The van der Waals surface area contributed by atoms with Crippen LogP contribution in [0.5, 0.6) is 0 Å². The molecular formula is C14H14FN3O2S. The number of nitro groups is 1. The third kappa shape index (κ3) is 4.42. The summed E-state index contributed by atoms with van der Waals surface area (Å²) in [5.74, 6) is 0.0970. The number of hydrogen-bond acceptors (Lipinski definition) is 5. The molecule has 1 aromatic heterocycles.